The van der Waals surface area contributed by atoms with E-state index in [-0.39, 0.29) is 18.3 Å². The molecule has 35 heavy (non-hydrogen) atoms. The molecule has 1 aliphatic rings. The maximum atomic E-state index is 13.8. The quantitative estimate of drug-likeness (QED) is 0.425. The Balaban J connectivity index is 1.54. The number of fused-ring (bicyclic) bond motifs is 1. The molecule has 0 saturated carbocycles. The molecule has 2 amide bonds. The Hall–Kier alpha value is -3.52. The van der Waals surface area contributed by atoms with Gasteiger partial charge in [0.2, 0.25) is 5.91 Å². The number of carbonyl (C=O) groups excluding carboxylic acids is 2. The van der Waals surface area contributed by atoms with E-state index in [0.717, 1.165) is 27.6 Å². The van der Waals surface area contributed by atoms with Gasteiger partial charge in [-0.15, -0.1) is 0 Å². The summed E-state index contributed by atoms with van der Waals surface area (Å²) in [6, 6.07) is 10.0. The molecule has 0 spiro atoms. The van der Waals surface area contributed by atoms with Gasteiger partial charge in [0.15, 0.2) is 6.10 Å². The van der Waals surface area contributed by atoms with Gasteiger partial charge in [0, 0.05) is 37.7 Å². The monoisotopic (exact) mass is 479 g/mol. The summed E-state index contributed by atoms with van der Waals surface area (Å²) in [5, 5.41) is 11.6. The van der Waals surface area contributed by atoms with Crippen molar-refractivity contribution >= 4 is 22.7 Å². The van der Waals surface area contributed by atoms with Crippen LogP contribution in [0.15, 0.2) is 42.6 Å². The van der Waals surface area contributed by atoms with Gasteiger partial charge in [-0.25, -0.2) is 9.45 Å². The number of carbonyl (C=O) groups is 2. The van der Waals surface area contributed by atoms with Gasteiger partial charge in [-0.3, -0.25) is 19.8 Å². The molecular formula is C27H30FN3O4. The van der Waals surface area contributed by atoms with Crippen molar-refractivity contribution in [2.45, 2.75) is 52.7 Å². The first kappa shape index (κ1) is 24.6. The third-order valence-electron chi connectivity index (χ3n) is 6.52. The van der Waals surface area contributed by atoms with Crippen LogP contribution in [-0.2, 0) is 9.59 Å². The summed E-state index contributed by atoms with van der Waals surface area (Å²) in [5.41, 5.74) is 4.33. The Morgan fingerprint density at radius 1 is 1.20 bits per heavy atom. The Morgan fingerprint density at radius 2 is 1.91 bits per heavy atom. The summed E-state index contributed by atoms with van der Waals surface area (Å²) < 4.78 is 19.8. The molecule has 0 aliphatic carbocycles. The molecule has 2 aromatic carbocycles. The number of ether oxygens (including phenoxy) is 1. The van der Waals surface area contributed by atoms with Crippen molar-refractivity contribution in [3.05, 3.63) is 59.5 Å². The Kier molecular flexibility index (Phi) is 7.03. The number of rotatable bonds is 5. The maximum Gasteiger partial charge on any atom is 0.263 e. The number of aryl methyl sites for hydroxylation is 2. The highest BCUT2D eigenvalue weighted by molar-refractivity contribution is 5.96. The van der Waals surface area contributed by atoms with Crippen molar-refractivity contribution < 1.29 is 23.9 Å². The van der Waals surface area contributed by atoms with Gasteiger partial charge >= 0.3 is 0 Å². The molecule has 1 N–H and O–H groups in total. The molecule has 1 aliphatic heterocycles. The van der Waals surface area contributed by atoms with E-state index in [1.54, 1.807) is 30.2 Å². The van der Waals surface area contributed by atoms with Gasteiger partial charge in [-0.05, 0) is 86.2 Å². The minimum absolute atomic E-state index is 0.203. The van der Waals surface area contributed by atoms with E-state index in [9.17, 15) is 19.2 Å². The molecule has 184 valence electrons. The second-order valence-electron chi connectivity index (χ2n) is 9.16. The zero-order valence-corrected chi connectivity index (χ0v) is 20.4. The summed E-state index contributed by atoms with van der Waals surface area (Å²) in [7, 11) is 0. The van der Waals surface area contributed by atoms with Crippen LogP contribution in [0.25, 0.3) is 22.0 Å². The molecule has 0 bridgehead atoms. The highest BCUT2D eigenvalue weighted by Crippen LogP contribution is 2.34. The normalized spacial score (nSPS) is 16.7. The molecule has 2 heterocycles. The molecule has 4 rings (SSSR count). The standard InChI is InChI=1S/C27H30FN3O4/c1-16-12-20(28)13-17(2)26(16)24-9-10-29-25-14-22(7-8-23(24)25)35-18(3)27(33)30-11-5-6-21(15-30)31(34)19(4)32/h7-10,12-14,18,21,34H,5-6,11,15H2,1-4H3/t18-,21+/m1/s1. The van der Waals surface area contributed by atoms with Crippen LogP contribution < -0.4 is 4.74 Å². The molecule has 0 unspecified atom stereocenters. The molecule has 1 fully saturated rings. The van der Waals surface area contributed by atoms with Crippen LogP contribution in [-0.4, -0.2) is 57.2 Å². The predicted octanol–water partition coefficient (Wildman–Crippen LogP) is 4.65. The van der Waals surface area contributed by atoms with Crippen molar-refractivity contribution in [2.75, 3.05) is 13.1 Å². The van der Waals surface area contributed by atoms with Crippen LogP contribution in [0, 0.1) is 19.7 Å². The SMILES string of the molecule is CC(=O)N(O)[C@H]1CCCN(C(=O)[C@@H](C)Oc2ccc3c(-c4c(C)cc(F)cc4C)ccnc3c2)C1. The molecule has 8 heteroatoms. The highest BCUT2D eigenvalue weighted by atomic mass is 19.1. The average Bonchev–Trinajstić information content (AvgIpc) is 2.82. The van der Waals surface area contributed by atoms with E-state index >= 15 is 0 Å². The van der Waals surface area contributed by atoms with Crippen LogP contribution in [0.1, 0.15) is 37.8 Å². The summed E-state index contributed by atoms with van der Waals surface area (Å²) in [4.78, 5) is 30.6. The van der Waals surface area contributed by atoms with Crippen molar-refractivity contribution in [3.8, 4) is 16.9 Å². The van der Waals surface area contributed by atoms with E-state index in [1.807, 2.05) is 26.0 Å². The Bertz CT molecular complexity index is 1260. The van der Waals surface area contributed by atoms with Crippen molar-refractivity contribution in [1.29, 1.82) is 0 Å². The van der Waals surface area contributed by atoms with Gasteiger partial charge in [0.1, 0.15) is 11.6 Å². The number of piperidine rings is 1. The van der Waals surface area contributed by atoms with E-state index < -0.39 is 18.1 Å². The molecule has 0 radical (unpaired) electrons. The van der Waals surface area contributed by atoms with Gasteiger partial charge in [0.25, 0.3) is 5.91 Å². The number of likely N-dealkylation sites (tertiary alicyclic amines) is 1. The zero-order chi connectivity index (χ0) is 25.3. The Morgan fingerprint density at radius 3 is 2.60 bits per heavy atom. The minimum Gasteiger partial charge on any atom is -0.481 e. The third-order valence-corrected chi connectivity index (χ3v) is 6.52. The van der Waals surface area contributed by atoms with E-state index in [2.05, 4.69) is 4.98 Å². The summed E-state index contributed by atoms with van der Waals surface area (Å²) in [6.07, 6.45) is 2.29. The molecule has 1 saturated heterocycles. The van der Waals surface area contributed by atoms with Crippen LogP contribution in [0.5, 0.6) is 5.75 Å². The summed E-state index contributed by atoms with van der Waals surface area (Å²) in [5.74, 6) is -0.394. The number of benzene rings is 2. The van der Waals surface area contributed by atoms with E-state index in [1.165, 1.54) is 19.1 Å². The molecule has 2 atom stereocenters. The van der Waals surface area contributed by atoms with E-state index in [0.29, 0.717) is 35.7 Å². The average molecular weight is 480 g/mol. The second kappa shape index (κ2) is 10.00. The number of hydroxylamine groups is 2. The fraction of sp³-hybridized carbons (Fsp3) is 0.370. The zero-order valence-electron chi connectivity index (χ0n) is 20.4. The minimum atomic E-state index is -0.750. The lowest BCUT2D eigenvalue weighted by atomic mass is 9.93. The smallest absolute Gasteiger partial charge is 0.263 e. The first-order valence-electron chi connectivity index (χ1n) is 11.8. The first-order chi connectivity index (χ1) is 16.7. The lowest BCUT2D eigenvalue weighted by molar-refractivity contribution is -0.179. The Labute approximate surface area is 204 Å². The van der Waals surface area contributed by atoms with Crippen LogP contribution in [0.4, 0.5) is 4.39 Å². The molecule has 1 aromatic heterocycles. The fourth-order valence-corrected chi connectivity index (χ4v) is 4.88. The molecule has 3 aromatic rings. The summed E-state index contributed by atoms with van der Waals surface area (Å²) in [6.45, 7) is 7.58. The van der Waals surface area contributed by atoms with Gasteiger partial charge in [0.05, 0.1) is 11.6 Å². The third kappa shape index (κ3) is 5.12. The lowest BCUT2D eigenvalue weighted by Crippen LogP contribution is -2.52. The first-order valence-corrected chi connectivity index (χ1v) is 11.8. The second-order valence-corrected chi connectivity index (χ2v) is 9.16. The van der Waals surface area contributed by atoms with E-state index in [4.69, 9.17) is 4.74 Å². The van der Waals surface area contributed by atoms with Crippen LogP contribution >= 0.6 is 0 Å². The van der Waals surface area contributed by atoms with Gasteiger partial charge in [-0.1, -0.05) is 0 Å². The fourth-order valence-electron chi connectivity index (χ4n) is 4.88. The largest absolute Gasteiger partial charge is 0.481 e. The number of halogens is 1. The molecular weight excluding hydrogens is 449 g/mol. The number of hydrogen-bond donors (Lipinski definition) is 1. The predicted molar refractivity (Wildman–Crippen MR) is 131 cm³/mol. The highest BCUT2D eigenvalue weighted by Gasteiger charge is 2.31. The summed E-state index contributed by atoms with van der Waals surface area (Å²) >= 11 is 0. The maximum absolute atomic E-state index is 13.8. The number of nitrogens with zero attached hydrogens (tertiary/aromatic N) is 3. The number of aromatic nitrogens is 1. The van der Waals surface area contributed by atoms with Gasteiger partial charge < -0.3 is 9.64 Å². The van der Waals surface area contributed by atoms with Gasteiger partial charge in [-0.2, -0.15) is 0 Å². The van der Waals surface area contributed by atoms with Crippen LogP contribution in [0.2, 0.25) is 0 Å². The number of pyridine rings is 1. The van der Waals surface area contributed by atoms with Crippen molar-refractivity contribution in [3.63, 3.8) is 0 Å². The van der Waals surface area contributed by atoms with Crippen molar-refractivity contribution in [2.24, 2.45) is 0 Å². The van der Waals surface area contributed by atoms with Crippen LogP contribution in [0.3, 0.4) is 0 Å². The topological polar surface area (TPSA) is 83.0 Å². The lowest BCUT2D eigenvalue weighted by Gasteiger charge is -2.36. The van der Waals surface area contributed by atoms with Crippen molar-refractivity contribution in [1.82, 2.24) is 14.9 Å². The molecule has 7 nitrogen and oxygen atoms in total. The number of hydrogen-bond acceptors (Lipinski definition) is 5. The number of amides is 2.